The number of hydrogen-bond donors (Lipinski definition) is 2. The van der Waals surface area contributed by atoms with Crippen molar-refractivity contribution in [2.45, 2.75) is 0 Å². The summed E-state index contributed by atoms with van der Waals surface area (Å²) < 4.78 is 0. The van der Waals surface area contributed by atoms with Gasteiger partial charge in [-0.2, -0.15) is 10.1 Å². The van der Waals surface area contributed by atoms with Gasteiger partial charge in [-0.3, -0.25) is 5.43 Å². The molecule has 2 heterocycles. The van der Waals surface area contributed by atoms with Crippen molar-refractivity contribution >= 4 is 52.6 Å². The number of nitrogens with one attached hydrogen (secondary N) is 1. The van der Waals surface area contributed by atoms with Gasteiger partial charge >= 0.3 is 0 Å². The van der Waals surface area contributed by atoms with Gasteiger partial charge in [-0.25, -0.2) is 4.98 Å². The Morgan fingerprint density at radius 2 is 2.00 bits per heavy atom. The molecule has 0 saturated carbocycles. The van der Waals surface area contributed by atoms with Gasteiger partial charge < -0.3 is 20.4 Å². The molecule has 0 spiro atoms. The molecule has 148 valence electrons. The second-order valence-electron chi connectivity index (χ2n) is 6.53. The minimum absolute atomic E-state index is 0.109. The number of nitrogens with zero attached hydrogens (tertiary/aromatic N) is 6. The molecule has 8 nitrogen and oxygen atoms in total. The molecule has 0 unspecified atom stereocenters. The van der Waals surface area contributed by atoms with Gasteiger partial charge in [0.15, 0.2) is 5.11 Å². The van der Waals surface area contributed by atoms with Gasteiger partial charge in [-0.05, 0) is 30.4 Å². The third-order valence-electron chi connectivity index (χ3n) is 4.32. The van der Waals surface area contributed by atoms with Crippen LogP contribution in [0, 0.1) is 0 Å². The van der Waals surface area contributed by atoms with E-state index in [4.69, 9.17) is 34.5 Å². The average Bonchev–Trinajstić information content (AvgIpc) is 2.68. The molecule has 1 aromatic carbocycles. The van der Waals surface area contributed by atoms with Crippen molar-refractivity contribution in [3.8, 4) is 0 Å². The topological polar surface area (TPSA) is 85.9 Å². The van der Waals surface area contributed by atoms with Gasteiger partial charge in [0.05, 0.1) is 11.8 Å². The van der Waals surface area contributed by atoms with Crippen LogP contribution in [0.5, 0.6) is 0 Å². The maximum Gasteiger partial charge on any atom is 0.227 e. The molecule has 1 aliphatic heterocycles. The quantitative estimate of drug-likeness (QED) is 0.431. The highest BCUT2D eigenvalue weighted by molar-refractivity contribution is 7.80. The standard InChI is InChI=1S/C18H23ClN8S/c1-25(2)16-13(12-22-24-17(20)28)11-21-18(23-16)27-8-6-26(7-9-27)15-5-3-4-14(19)10-15/h3-5,10-12H,6-9H2,1-2H3,(H3,20,24,28)/b22-12+. The lowest BCUT2D eigenvalue weighted by atomic mass is 10.2. The molecule has 10 heteroatoms. The third kappa shape index (κ3) is 4.99. The first-order valence-electron chi connectivity index (χ1n) is 8.82. The van der Waals surface area contributed by atoms with Crippen LogP contribution >= 0.6 is 23.8 Å². The summed E-state index contributed by atoms with van der Waals surface area (Å²) in [6, 6.07) is 7.94. The highest BCUT2D eigenvalue weighted by atomic mass is 35.5. The van der Waals surface area contributed by atoms with Crippen LogP contribution < -0.4 is 25.9 Å². The second kappa shape index (κ2) is 9.03. The van der Waals surface area contributed by atoms with Gasteiger partial charge in [0.1, 0.15) is 5.82 Å². The van der Waals surface area contributed by atoms with E-state index in [1.807, 2.05) is 37.2 Å². The highest BCUT2D eigenvalue weighted by Crippen LogP contribution is 2.23. The van der Waals surface area contributed by atoms with Crippen LogP contribution in [-0.4, -0.2) is 61.6 Å². The zero-order valence-corrected chi connectivity index (χ0v) is 17.4. The average molecular weight is 419 g/mol. The Bertz CT molecular complexity index is 864. The number of aromatic nitrogens is 2. The van der Waals surface area contributed by atoms with E-state index in [1.165, 1.54) is 0 Å². The summed E-state index contributed by atoms with van der Waals surface area (Å²) in [6.07, 6.45) is 3.36. The summed E-state index contributed by atoms with van der Waals surface area (Å²) in [7, 11) is 3.86. The Morgan fingerprint density at radius 1 is 1.29 bits per heavy atom. The first-order valence-corrected chi connectivity index (χ1v) is 9.61. The molecule has 28 heavy (non-hydrogen) atoms. The fourth-order valence-electron chi connectivity index (χ4n) is 2.98. The molecule has 1 aromatic heterocycles. The Kier molecular flexibility index (Phi) is 6.48. The van der Waals surface area contributed by atoms with E-state index in [-0.39, 0.29) is 5.11 Å². The fourth-order valence-corrected chi connectivity index (χ4v) is 3.21. The van der Waals surface area contributed by atoms with Crippen LogP contribution in [0.2, 0.25) is 5.02 Å². The molecule has 1 fully saturated rings. The number of piperazine rings is 1. The number of anilines is 3. The largest absolute Gasteiger partial charge is 0.375 e. The number of rotatable bonds is 5. The monoisotopic (exact) mass is 418 g/mol. The second-order valence-corrected chi connectivity index (χ2v) is 7.41. The molecule has 1 aliphatic rings. The van der Waals surface area contributed by atoms with Crippen LogP contribution in [0.25, 0.3) is 0 Å². The lowest BCUT2D eigenvalue weighted by molar-refractivity contribution is 0.640. The molecule has 0 aliphatic carbocycles. The van der Waals surface area contributed by atoms with Crippen LogP contribution in [0.3, 0.4) is 0 Å². The Balaban J connectivity index is 1.71. The van der Waals surface area contributed by atoms with Crippen molar-refractivity contribution < 1.29 is 0 Å². The van der Waals surface area contributed by atoms with Crippen molar-refractivity contribution in [2.75, 3.05) is 55.0 Å². The molecule has 0 radical (unpaired) electrons. The summed E-state index contributed by atoms with van der Waals surface area (Å²) in [4.78, 5) is 15.7. The van der Waals surface area contributed by atoms with Crippen molar-refractivity contribution in [1.29, 1.82) is 0 Å². The normalized spacial score (nSPS) is 14.4. The lowest BCUT2D eigenvalue weighted by Crippen LogP contribution is -2.47. The summed E-state index contributed by atoms with van der Waals surface area (Å²) in [5.74, 6) is 1.48. The van der Waals surface area contributed by atoms with E-state index in [0.29, 0.717) is 5.95 Å². The number of benzene rings is 1. The fraction of sp³-hybridized carbons (Fsp3) is 0.333. The molecule has 2 aromatic rings. The van der Waals surface area contributed by atoms with Crippen molar-refractivity contribution in [3.05, 3.63) is 41.0 Å². The molecular formula is C18H23ClN8S. The molecule has 1 saturated heterocycles. The summed E-state index contributed by atoms with van der Waals surface area (Å²) in [5.41, 5.74) is 9.84. The zero-order chi connectivity index (χ0) is 20.1. The van der Waals surface area contributed by atoms with Crippen molar-refractivity contribution in [2.24, 2.45) is 10.8 Å². The van der Waals surface area contributed by atoms with Crippen LogP contribution in [0.4, 0.5) is 17.5 Å². The van der Waals surface area contributed by atoms with Crippen LogP contribution in [0.1, 0.15) is 5.56 Å². The predicted octanol–water partition coefficient (Wildman–Crippen LogP) is 1.69. The van der Waals surface area contributed by atoms with Crippen molar-refractivity contribution in [1.82, 2.24) is 15.4 Å². The van der Waals surface area contributed by atoms with Crippen LogP contribution in [0.15, 0.2) is 35.6 Å². The molecule has 3 N–H and O–H groups in total. The zero-order valence-electron chi connectivity index (χ0n) is 15.8. The minimum Gasteiger partial charge on any atom is -0.375 e. The molecule has 3 rings (SSSR count). The maximum atomic E-state index is 6.11. The smallest absolute Gasteiger partial charge is 0.227 e. The predicted molar refractivity (Wildman–Crippen MR) is 120 cm³/mol. The van der Waals surface area contributed by atoms with Gasteiger partial charge in [0.2, 0.25) is 5.95 Å². The van der Waals surface area contributed by atoms with E-state index in [1.54, 1.807) is 12.4 Å². The van der Waals surface area contributed by atoms with Gasteiger partial charge in [-0.1, -0.05) is 17.7 Å². The highest BCUT2D eigenvalue weighted by Gasteiger charge is 2.20. The number of hydrazone groups is 1. The molecule has 0 atom stereocenters. The Morgan fingerprint density at radius 3 is 2.64 bits per heavy atom. The molecular weight excluding hydrogens is 396 g/mol. The Labute approximate surface area is 175 Å². The van der Waals surface area contributed by atoms with Gasteiger partial charge in [0, 0.05) is 57.2 Å². The summed E-state index contributed by atoms with van der Waals surface area (Å²) >= 11 is 10.9. The number of nitrogens with two attached hydrogens (primary N) is 1. The van der Waals surface area contributed by atoms with E-state index < -0.39 is 0 Å². The number of halogens is 1. The maximum absolute atomic E-state index is 6.11. The summed E-state index contributed by atoms with van der Waals surface area (Å²) in [5, 5.41) is 4.86. The van der Waals surface area contributed by atoms with Gasteiger partial charge in [-0.15, -0.1) is 0 Å². The summed E-state index contributed by atoms with van der Waals surface area (Å²) in [6.45, 7) is 3.41. The van der Waals surface area contributed by atoms with E-state index >= 15 is 0 Å². The first-order chi connectivity index (χ1) is 13.4. The molecule has 0 bridgehead atoms. The molecule has 0 amide bonds. The van der Waals surface area contributed by atoms with E-state index in [2.05, 4.69) is 31.4 Å². The third-order valence-corrected chi connectivity index (χ3v) is 4.65. The SMILES string of the molecule is CN(C)c1nc(N2CCN(c3cccc(Cl)c3)CC2)ncc1/C=N/NC(N)=S. The lowest BCUT2D eigenvalue weighted by Gasteiger charge is -2.36. The number of hydrogen-bond acceptors (Lipinski definition) is 7. The minimum atomic E-state index is 0.109. The van der Waals surface area contributed by atoms with E-state index in [0.717, 1.165) is 48.3 Å². The first kappa shape index (κ1) is 20.1. The van der Waals surface area contributed by atoms with Crippen LogP contribution in [-0.2, 0) is 0 Å². The van der Waals surface area contributed by atoms with E-state index in [9.17, 15) is 0 Å². The van der Waals surface area contributed by atoms with Gasteiger partial charge in [0.25, 0.3) is 0 Å². The number of thiocarbonyl (C=S) groups is 1. The van der Waals surface area contributed by atoms with Crippen molar-refractivity contribution in [3.63, 3.8) is 0 Å². The Hall–Kier alpha value is -2.65.